The molecule has 0 radical (unpaired) electrons. The summed E-state index contributed by atoms with van der Waals surface area (Å²) in [5.41, 5.74) is 13.2. The van der Waals surface area contributed by atoms with Crippen LogP contribution in [0.4, 0.5) is 0 Å². The molecule has 9 nitrogen and oxygen atoms in total. The Labute approximate surface area is 165 Å². The minimum atomic E-state index is -2.68. The number of carbonyl (C=O) groups is 2. The van der Waals surface area contributed by atoms with E-state index in [1.54, 1.807) is 0 Å². The minimum Gasteiger partial charge on any atom is -0.458 e. The predicted molar refractivity (Wildman–Crippen MR) is 106 cm³/mol. The molecule has 1 aliphatic heterocycles. The summed E-state index contributed by atoms with van der Waals surface area (Å²) in [5.74, 6) is -1.91. The van der Waals surface area contributed by atoms with E-state index in [0.29, 0.717) is 12.8 Å². The third-order valence-electron chi connectivity index (χ3n) is 4.23. The first-order valence-electron chi connectivity index (χ1n) is 10.9. The number of hydrazine groups is 1. The second kappa shape index (κ2) is 11.4. The SMILES string of the molecule is [2H]C([2H])([2H])N=C(N)NN1CC(=O)OC(C)(C)CCCCCCCCCC(=O)N=C1N. The lowest BCUT2D eigenvalue weighted by Gasteiger charge is -2.28. The van der Waals surface area contributed by atoms with Crippen molar-refractivity contribution in [3.63, 3.8) is 0 Å². The Balaban J connectivity index is 3.02. The number of guanidine groups is 2. The zero-order valence-corrected chi connectivity index (χ0v) is 16.3. The van der Waals surface area contributed by atoms with Crippen LogP contribution in [0.2, 0.25) is 0 Å². The van der Waals surface area contributed by atoms with Crippen LogP contribution in [0.5, 0.6) is 0 Å². The standard InChI is InChI=1S/C18H34N6O3/c1-18(2)12-10-8-6-4-5-7-9-11-14(25)22-17(20)24(13-15(26)27-18)23-16(19)21-3/h4-13H2,1-3H3,(H3,19,21,23)(H2,20,22,25)/i3D3. The average molecular weight is 386 g/mol. The Hall–Kier alpha value is -2.32. The second-order valence-electron chi connectivity index (χ2n) is 7.27. The number of hydrogen-bond donors (Lipinski definition) is 3. The maximum absolute atomic E-state index is 12.5. The first-order chi connectivity index (χ1) is 13.9. The summed E-state index contributed by atoms with van der Waals surface area (Å²) >= 11 is 0. The summed E-state index contributed by atoms with van der Waals surface area (Å²) in [6, 6.07) is 0. The van der Waals surface area contributed by atoms with Crippen molar-refractivity contribution in [2.24, 2.45) is 21.5 Å². The van der Waals surface area contributed by atoms with E-state index in [9.17, 15) is 9.59 Å². The summed E-state index contributed by atoms with van der Waals surface area (Å²) < 4.78 is 27.0. The zero-order chi connectivity index (χ0) is 22.8. The first kappa shape index (κ1) is 18.1. The fourth-order valence-corrected chi connectivity index (χ4v) is 2.82. The number of nitrogens with zero attached hydrogens (tertiary/aromatic N) is 3. The van der Waals surface area contributed by atoms with E-state index < -0.39 is 37.0 Å². The fourth-order valence-electron chi connectivity index (χ4n) is 2.82. The molecule has 1 aliphatic rings. The summed E-state index contributed by atoms with van der Waals surface area (Å²) in [5, 5.41) is 0.957. The van der Waals surface area contributed by atoms with Gasteiger partial charge in [-0.3, -0.25) is 20.0 Å². The Morgan fingerprint density at radius 1 is 1.22 bits per heavy atom. The molecule has 0 unspecified atom stereocenters. The lowest BCUT2D eigenvalue weighted by Crippen LogP contribution is -2.54. The molecule has 0 saturated carbocycles. The molecule has 0 atom stereocenters. The molecule has 0 bridgehead atoms. The van der Waals surface area contributed by atoms with Crippen molar-refractivity contribution < 1.29 is 18.4 Å². The van der Waals surface area contributed by atoms with Gasteiger partial charge in [-0.05, 0) is 33.1 Å². The van der Waals surface area contributed by atoms with E-state index in [-0.39, 0.29) is 12.4 Å². The average Bonchev–Trinajstić information content (AvgIpc) is 2.56. The highest BCUT2D eigenvalue weighted by Gasteiger charge is 2.25. The van der Waals surface area contributed by atoms with Crippen LogP contribution in [0.1, 0.15) is 75.7 Å². The number of aliphatic imine (C=N–C) groups is 2. The van der Waals surface area contributed by atoms with E-state index in [1.165, 1.54) is 0 Å². The summed E-state index contributed by atoms with van der Waals surface area (Å²) in [6.07, 6.45) is 7.77. The van der Waals surface area contributed by atoms with Crippen LogP contribution in [-0.4, -0.2) is 47.9 Å². The molecule has 1 rings (SSSR count). The van der Waals surface area contributed by atoms with Crippen molar-refractivity contribution in [1.82, 2.24) is 10.4 Å². The van der Waals surface area contributed by atoms with Crippen LogP contribution in [0, 0.1) is 0 Å². The van der Waals surface area contributed by atoms with Crippen LogP contribution in [0.25, 0.3) is 0 Å². The molecule has 0 aliphatic carbocycles. The Morgan fingerprint density at radius 3 is 2.52 bits per heavy atom. The summed E-state index contributed by atoms with van der Waals surface area (Å²) in [7, 11) is 0. The number of cyclic esters (lactones) is 1. The van der Waals surface area contributed by atoms with Gasteiger partial charge in [-0.2, -0.15) is 4.99 Å². The van der Waals surface area contributed by atoms with Crippen molar-refractivity contribution in [3.05, 3.63) is 0 Å². The highest BCUT2D eigenvalue weighted by atomic mass is 16.6. The molecule has 0 fully saturated rings. The smallest absolute Gasteiger partial charge is 0.328 e. The van der Waals surface area contributed by atoms with Gasteiger partial charge in [0.1, 0.15) is 12.1 Å². The first-order valence-corrected chi connectivity index (χ1v) is 9.36. The maximum atomic E-state index is 12.5. The Bertz CT molecular complexity index is 650. The predicted octanol–water partition coefficient (Wildman–Crippen LogP) is 1.43. The molecule has 1 heterocycles. The highest BCUT2D eigenvalue weighted by Crippen LogP contribution is 2.20. The van der Waals surface area contributed by atoms with Gasteiger partial charge >= 0.3 is 5.97 Å². The van der Waals surface area contributed by atoms with Crippen molar-refractivity contribution in [2.45, 2.75) is 77.2 Å². The van der Waals surface area contributed by atoms with Gasteiger partial charge in [0, 0.05) is 17.5 Å². The van der Waals surface area contributed by atoms with E-state index in [2.05, 4.69) is 15.4 Å². The quantitative estimate of drug-likeness (QED) is 0.353. The fraction of sp³-hybridized carbons (Fsp3) is 0.778. The van der Waals surface area contributed by atoms with Crippen LogP contribution < -0.4 is 16.9 Å². The van der Waals surface area contributed by atoms with Crippen LogP contribution in [0.15, 0.2) is 9.98 Å². The van der Waals surface area contributed by atoms with Gasteiger partial charge in [0.25, 0.3) is 0 Å². The topological polar surface area (TPSA) is 135 Å². The van der Waals surface area contributed by atoms with E-state index in [0.717, 1.165) is 43.5 Å². The maximum Gasteiger partial charge on any atom is 0.328 e. The number of esters is 1. The molecule has 0 saturated heterocycles. The second-order valence-corrected chi connectivity index (χ2v) is 7.27. The third kappa shape index (κ3) is 9.81. The van der Waals surface area contributed by atoms with Gasteiger partial charge in [0.05, 0.1) is 0 Å². The van der Waals surface area contributed by atoms with Crippen LogP contribution in [0.3, 0.4) is 0 Å². The molecule has 0 aromatic heterocycles. The molecule has 154 valence electrons. The highest BCUT2D eigenvalue weighted by molar-refractivity contribution is 5.94. The molecule has 0 spiro atoms. The van der Waals surface area contributed by atoms with Crippen molar-refractivity contribution in [1.29, 1.82) is 0 Å². The number of amides is 1. The van der Waals surface area contributed by atoms with Gasteiger partial charge in [-0.1, -0.05) is 32.1 Å². The molecule has 9 heteroatoms. The van der Waals surface area contributed by atoms with Crippen molar-refractivity contribution in [2.75, 3.05) is 13.5 Å². The Morgan fingerprint density at radius 2 is 1.85 bits per heavy atom. The minimum absolute atomic E-state index is 0.227. The molecular formula is C18H34N6O3. The zero-order valence-electron chi connectivity index (χ0n) is 19.3. The third-order valence-corrected chi connectivity index (χ3v) is 4.23. The van der Waals surface area contributed by atoms with E-state index in [4.69, 9.17) is 20.3 Å². The number of nitrogens with one attached hydrogen (secondary N) is 1. The van der Waals surface area contributed by atoms with Crippen molar-refractivity contribution in [3.8, 4) is 0 Å². The van der Waals surface area contributed by atoms with Gasteiger partial charge in [0.2, 0.25) is 17.8 Å². The largest absolute Gasteiger partial charge is 0.458 e. The molecular weight excluding hydrogens is 348 g/mol. The van der Waals surface area contributed by atoms with Gasteiger partial charge in [0.15, 0.2) is 0 Å². The monoisotopic (exact) mass is 385 g/mol. The molecule has 1 amide bonds. The molecule has 27 heavy (non-hydrogen) atoms. The van der Waals surface area contributed by atoms with E-state index >= 15 is 0 Å². The Kier molecular flexibility index (Phi) is 7.63. The van der Waals surface area contributed by atoms with Crippen LogP contribution in [-0.2, 0) is 14.3 Å². The molecule has 0 aromatic rings. The summed E-state index contributed by atoms with van der Waals surface area (Å²) in [4.78, 5) is 31.6. The lowest BCUT2D eigenvalue weighted by molar-refractivity contribution is -0.157. The van der Waals surface area contributed by atoms with Gasteiger partial charge in [-0.15, -0.1) is 0 Å². The molecule has 5 N–H and O–H groups in total. The number of nitrogens with two attached hydrogens (primary N) is 2. The van der Waals surface area contributed by atoms with Gasteiger partial charge in [-0.25, -0.2) is 5.01 Å². The lowest BCUT2D eigenvalue weighted by atomic mass is 9.99. The van der Waals surface area contributed by atoms with Crippen molar-refractivity contribution >= 4 is 23.8 Å². The normalized spacial score (nSPS) is 23.9. The number of carbonyl (C=O) groups excluding carboxylic acids is 2. The number of ether oxygens (including phenoxy) is 1. The van der Waals surface area contributed by atoms with Crippen LogP contribution >= 0.6 is 0 Å². The number of rotatable bonds is 1. The number of hydrogen-bond acceptors (Lipinski definition) is 6. The summed E-state index contributed by atoms with van der Waals surface area (Å²) in [6.45, 7) is 0.521. The van der Waals surface area contributed by atoms with Gasteiger partial charge < -0.3 is 16.2 Å². The van der Waals surface area contributed by atoms with E-state index in [1.807, 2.05) is 13.8 Å². The molecule has 0 aromatic carbocycles.